The summed E-state index contributed by atoms with van der Waals surface area (Å²) in [5, 5.41) is 14.6. The maximum atomic E-state index is 11.4. The highest BCUT2D eigenvalue weighted by Gasteiger charge is 2.24. The van der Waals surface area contributed by atoms with Gasteiger partial charge in [-0.05, 0) is 24.6 Å². The fraction of sp³-hybridized carbons (Fsp3) is 0.350. The van der Waals surface area contributed by atoms with E-state index in [1.54, 1.807) is 0 Å². The Hall–Kier alpha value is -2.97. The lowest BCUT2D eigenvalue weighted by atomic mass is 10.0. The summed E-state index contributed by atoms with van der Waals surface area (Å²) in [4.78, 5) is 24.6. The van der Waals surface area contributed by atoms with E-state index in [4.69, 9.17) is 10.5 Å². The van der Waals surface area contributed by atoms with Crippen molar-refractivity contribution >= 4 is 17.3 Å². The number of nitrogens with one attached hydrogen (secondary N) is 1. The third-order valence-corrected chi connectivity index (χ3v) is 4.91. The quantitative estimate of drug-likeness (QED) is 0.560. The number of carbonyl (C=O) groups is 1. The molecule has 0 aromatic heterocycles. The van der Waals surface area contributed by atoms with Crippen LogP contribution in [0.3, 0.4) is 0 Å². The zero-order valence-corrected chi connectivity index (χ0v) is 15.8. The van der Waals surface area contributed by atoms with E-state index in [1.807, 2.05) is 6.92 Å². The fourth-order valence-corrected chi connectivity index (χ4v) is 3.33. The third kappa shape index (κ3) is 4.65. The van der Waals surface area contributed by atoms with E-state index in [1.165, 1.54) is 23.8 Å². The zero-order valence-electron chi connectivity index (χ0n) is 15.8. The Morgan fingerprint density at radius 3 is 2.54 bits per heavy atom. The summed E-state index contributed by atoms with van der Waals surface area (Å²) in [5.74, 6) is -0.694. The minimum atomic E-state index is -0.694. The molecule has 1 atom stereocenters. The van der Waals surface area contributed by atoms with Crippen LogP contribution in [0.25, 0.3) is 0 Å². The molecule has 1 aliphatic heterocycles. The summed E-state index contributed by atoms with van der Waals surface area (Å²) in [5.41, 5.74) is 7.86. The molecule has 3 rings (SSSR count). The molecular weight excluding hydrogens is 360 g/mol. The first kappa shape index (κ1) is 19.8. The van der Waals surface area contributed by atoms with Crippen molar-refractivity contribution < 1.29 is 14.5 Å². The number of nitrogens with zero attached hydrogens (tertiary/aromatic N) is 2. The van der Waals surface area contributed by atoms with Gasteiger partial charge in [0.25, 0.3) is 5.69 Å². The van der Waals surface area contributed by atoms with Crippen LogP contribution in [-0.2, 0) is 4.74 Å². The highest BCUT2D eigenvalue weighted by molar-refractivity contribution is 5.94. The number of carbonyl (C=O) groups excluding carboxylic acids is 1. The summed E-state index contributed by atoms with van der Waals surface area (Å²) in [7, 11) is 0. The van der Waals surface area contributed by atoms with Crippen molar-refractivity contribution in [2.75, 3.05) is 38.2 Å². The number of primary amides is 1. The number of amides is 1. The molecule has 0 spiro atoms. The van der Waals surface area contributed by atoms with E-state index in [0.717, 1.165) is 18.7 Å². The number of nitro benzene ring substituents is 1. The molecule has 0 bridgehead atoms. The fourth-order valence-electron chi connectivity index (χ4n) is 3.33. The molecule has 1 fully saturated rings. The predicted octanol–water partition coefficient (Wildman–Crippen LogP) is 2.49. The lowest BCUT2D eigenvalue weighted by Gasteiger charge is -2.35. The summed E-state index contributed by atoms with van der Waals surface area (Å²) in [6.07, 6.45) is 0. The minimum absolute atomic E-state index is 0.0416. The molecule has 1 saturated heterocycles. The summed E-state index contributed by atoms with van der Waals surface area (Å²) < 4.78 is 5.46. The SMILES string of the molecule is Cc1ccc(C(CNc2ccc(C(N)=O)cc2[N+](=O)[O-])N2CCOCC2)cc1. The van der Waals surface area contributed by atoms with Crippen LogP contribution < -0.4 is 11.1 Å². The van der Waals surface area contributed by atoms with E-state index < -0.39 is 10.8 Å². The second-order valence-electron chi connectivity index (χ2n) is 6.81. The summed E-state index contributed by atoms with van der Waals surface area (Å²) in [6, 6.07) is 12.6. The van der Waals surface area contributed by atoms with Crippen LogP contribution in [0.4, 0.5) is 11.4 Å². The number of morpholine rings is 1. The lowest BCUT2D eigenvalue weighted by molar-refractivity contribution is -0.384. The molecule has 1 unspecified atom stereocenters. The van der Waals surface area contributed by atoms with Crippen molar-refractivity contribution in [2.24, 2.45) is 5.73 Å². The van der Waals surface area contributed by atoms with Crippen LogP contribution in [0.5, 0.6) is 0 Å². The molecule has 3 N–H and O–H groups in total. The number of rotatable bonds is 7. The lowest BCUT2D eigenvalue weighted by Crippen LogP contribution is -2.41. The maximum Gasteiger partial charge on any atom is 0.293 e. The molecule has 0 aliphatic carbocycles. The van der Waals surface area contributed by atoms with Crippen LogP contribution >= 0.6 is 0 Å². The Labute approximate surface area is 163 Å². The second kappa shape index (κ2) is 8.81. The van der Waals surface area contributed by atoms with E-state index >= 15 is 0 Å². The molecule has 8 heteroatoms. The first-order valence-electron chi connectivity index (χ1n) is 9.16. The van der Waals surface area contributed by atoms with Gasteiger partial charge in [0.15, 0.2) is 0 Å². The number of hydrogen-bond acceptors (Lipinski definition) is 6. The van der Waals surface area contributed by atoms with E-state index in [2.05, 4.69) is 34.5 Å². The van der Waals surface area contributed by atoms with E-state index in [0.29, 0.717) is 25.4 Å². The van der Waals surface area contributed by atoms with E-state index in [-0.39, 0.29) is 17.3 Å². The topological polar surface area (TPSA) is 111 Å². The number of ether oxygens (including phenoxy) is 1. The van der Waals surface area contributed by atoms with Crippen LogP contribution in [0.1, 0.15) is 27.5 Å². The summed E-state index contributed by atoms with van der Waals surface area (Å²) >= 11 is 0. The molecule has 2 aromatic rings. The van der Waals surface area contributed by atoms with Crippen molar-refractivity contribution in [3.8, 4) is 0 Å². The average Bonchev–Trinajstić information content (AvgIpc) is 2.70. The van der Waals surface area contributed by atoms with Gasteiger partial charge in [0.1, 0.15) is 5.69 Å². The van der Waals surface area contributed by atoms with Crippen molar-refractivity contribution in [1.29, 1.82) is 0 Å². The molecular formula is C20H24N4O4. The highest BCUT2D eigenvalue weighted by Crippen LogP contribution is 2.28. The standard InChI is InChI=1S/C20H24N4O4/c1-14-2-4-15(5-3-14)19(23-8-10-28-11-9-23)13-22-17-7-6-16(20(21)25)12-18(17)24(26)27/h2-7,12,19,22H,8-11,13H2,1H3,(H2,21,25). The zero-order chi connectivity index (χ0) is 20.1. The number of nitrogens with two attached hydrogens (primary N) is 1. The van der Waals surface area contributed by atoms with E-state index in [9.17, 15) is 14.9 Å². The van der Waals surface area contributed by atoms with Gasteiger partial charge >= 0.3 is 0 Å². The summed E-state index contributed by atoms with van der Waals surface area (Å²) in [6.45, 7) is 5.44. The normalized spacial score (nSPS) is 15.8. The van der Waals surface area contributed by atoms with Crippen molar-refractivity contribution in [3.05, 3.63) is 69.3 Å². The van der Waals surface area contributed by atoms with Gasteiger partial charge < -0.3 is 15.8 Å². The molecule has 28 heavy (non-hydrogen) atoms. The smallest absolute Gasteiger partial charge is 0.293 e. The van der Waals surface area contributed by atoms with Crippen molar-refractivity contribution in [3.63, 3.8) is 0 Å². The van der Waals surface area contributed by atoms with Crippen molar-refractivity contribution in [1.82, 2.24) is 4.90 Å². The molecule has 0 saturated carbocycles. The molecule has 2 aromatic carbocycles. The monoisotopic (exact) mass is 384 g/mol. The molecule has 1 heterocycles. The average molecular weight is 384 g/mol. The maximum absolute atomic E-state index is 11.4. The largest absolute Gasteiger partial charge is 0.379 e. The number of hydrogen-bond donors (Lipinski definition) is 2. The highest BCUT2D eigenvalue weighted by atomic mass is 16.6. The van der Waals surface area contributed by atoms with Crippen LogP contribution in [0.15, 0.2) is 42.5 Å². The molecule has 1 aliphatic rings. The van der Waals surface area contributed by atoms with Crippen molar-refractivity contribution in [2.45, 2.75) is 13.0 Å². The van der Waals surface area contributed by atoms with Crippen LogP contribution in [-0.4, -0.2) is 48.6 Å². The third-order valence-electron chi connectivity index (χ3n) is 4.91. The molecule has 0 radical (unpaired) electrons. The Morgan fingerprint density at radius 1 is 1.25 bits per heavy atom. The number of aryl methyl sites for hydroxylation is 1. The van der Waals surface area contributed by atoms with Gasteiger partial charge in [0, 0.05) is 31.3 Å². The van der Waals surface area contributed by atoms with Gasteiger partial charge in [-0.2, -0.15) is 0 Å². The molecule has 1 amide bonds. The Kier molecular flexibility index (Phi) is 6.23. The van der Waals surface area contributed by atoms with Gasteiger partial charge in [0.2, 0.25) is 5.91 Å². The first-order valence-corrected chi connectivity index (χ1v) is 9.16. The predicted molar refractivity (Wildman–Crippen MR) is 106 cm³/mol. The van der Waals surface area contributed by atoms with Gasteiger partial charge in [-0.15, -0.1) is 0 Å². The first-order chi connectivity index (χ1) is 13.5. The molecule has 8 nitrogen and oxygen atoms in total. The van der Waals surface area contributed by atoms with Crippen LogP contribution in [0, 0.1) is 17.0 Å². The Morgan fingerprint density at radius 2 is 1.93 bits per heavy atom. The second-order valence-corrected chi connectivity index (χ2v) is 6.81. The number of nitro groups is 1. The minimum Gasteiger partial charge on any atom is -0.379 e. The number of anilines is 1. The Bertz CT molecular complexity index is 848. The van der Waals surface area contributed by atoms with Gasteiger partial charge in [0.05, 0.1) is 24.2 Å². The molecule has 148 valence electrons. The van der Waals surface area contributed by atoms with Crippen LogP contribution in [0.2, 0.25) is 0 Å². The van der Waals surface area contributed by atoms with Gasteiger partial charge in [-0.3, -0.25) is 19.8 Å². The Balaban J connectivity index is 1.84. The van der Waals surface area contributed by atoms with Gasteiger partial charge in [-0.25, -0.2) is 0 Å². The number of benzene rings is 2. The van der Waals surface area contributed by atoms with Gasteiger partial charge in [-0.1, -0.05) is 29.8 Å².